The molecule has 0 fully saturated rings. The summed E-state index contributed by atoms with van der Waals surface area (Å²) in [5.74, 6) is 0.250. The van der Waals surface area contributed by atoms with E-state index < -0.39 is 5.92 Å². The minimum absolute atomic E-state index is 0.0188. The summed E-state index contributed by atoms with van der Waals surface area (Å²) in [6, 6.07) is 11.1. The number of aromatic amines is 1. The lowest BCUT2D eigenvalue weighted by molar-refractivity contribution is 0.317. The quantitative estimate of drug-likeness (QED) is 0.638. The normalized spacial score (nSPS) is 15.8. The molecule has 0 unspecified atom stereocenters. The number of phenolic OH excluding ortho intramolecular Hbond substituents is 1. The molecule has 8 heteroatoms. The molecule has 4 N–H and O–H groups in total. The van der Waals surface area contributed by atoms with E-state index in [-0.39, 0.29) is 17.2 Å². The van der Waals surface area contributed by atoms with Crippen molar-refractivity contribution < 1.29 is 14.6 Å². The number of rotatable bonds is 4. The molecule has 0 radical (unpaired) electrons. The van der Waals surface area contributed by atoms with Crippen molar-refractivity contribution in [2.45, 2.75) is 12.8 Å². The summed E-state index contributed by atoms with van der Waals surface area (Å²) in [6.45, 7) is 2.24. The Hall–Kier alpha value is -3.44. The largest absolute Gasteiger partial charge is 0.504 e. The standard InChI is InChI=1S/C19H16N4O3S/c1-2-25-13-8-10(5-6-12(13)24)15-11(9-20)18(21)26-19-16(15)17(22-23-19)14-4-3-7-27-14/h3-8,15,24H,2,21H2,1H3,(H,22,23)/t15-/m0/s1. The molecule has 136 valence electrons. The fourth-order valence-electron chi connectivity index (χ4n) is 3.17. The average molecular weight is 380 g/mol. The van der Waals surface area contributed by atoms with Gasteiger partial charge >= 0.3 is 0 Å². The molecule has 0 amide bonds. The number of hydrogen-bond acceptors (Lipinski definition) is 7. The summed E-state index contributed by atoms with van der Waals surface area (Å²) < 4.78 is 11.1. The number of aromatic hydroxyl groups is 1. The number of phenols is 1. The number of fused-ring (bicyclic) bond motifs is 1. The zero-order valence-corrected chi connectivity index (χ0v) is 15.2. The molecule has 1 aliphatic heterocycles. The summed E-state index contributed by atoms with van der Waals surface area (Å²) in [7, 11) is 0. The van der Waals surface area contributed by atoms with E-state index in [2.05, 4.69) is 16.3 Å². The van der Waals surface area contributed by atoms with E-state index in [0.717, 1.165) is 21.7 Å². The Balaban J connectivity index is 1.93. The van der Waals surface area contributed by atoms with Crippen molar-refractivity contribution in [2.24, 2.45) is 5.73 Å². The summed E-state index contributed by atoms with van der Waals surface area (Å²) in [5, 5.41) is 29.0. The molecule has 0 bridgehead atoms. The van der Waals surface area contributed by atoms with Crippen LogP contribution in [0.5, 0.6) is 17.4 Å². The lowest BCUT2D eigenvalue weighted by atomic mass is 9.83. The third-order valence-corrected chi connectivity index (χ3v) is 5.21. The van der Waals surface area contributed by atoms with Crippen molar-refractivity contribution in [2.75, 3.05) is 6.61 Å². The fourth-order valence-corrected chi connectivity index (χ4v) is 3.90. The van der Waals surface area contributed by atoms with Gasteiger partial charge in [0.2, 0.25) is 11.8 Å². The van der Waals surface area contributed by atoms with Crippen LogP contribution in [-0.2, 0) is 0 Å². The van der Waals surface area contributed by atoms with Crippen LogP contribution >= 0.6 is 11.3 Å². The highest BCUT2D eigenvalue weighted by atomic mass is 32.1. The molecule has 7 nitrogen and oxygen atoms in total. The molecular weight excluding hydrogens is 364 g/mol. The smallest absolute Gasteiger partial charge is 0.244 e. The van der Waals surface area contributed by atoms with Crippen LogP contribution in [0.1, 0.15) is 24.0 Å². The van der Waals surface area contributed by atoms with Crippen molar-refractivity contribution in [1.29, 1.82) is 5.26 Å². The molecular formula is C19H16N4O3S. The summed E-state index contributed by atoms with van der Waals surface area (Å²) in [6.07, 6.45) is 0. The third kappa shape index (κ3) is 2.78. The predicted octanol–water partition coefficient (Wildman–Crippen LogP) is 3.46. The number of allylic oxidation sites excluding steroid dienone is 1. The van der Waals surface area contributed by atoms with E-state index in [1.54, 1.807) is 29.5 Å². The molecule has 0 aliphatic carbocycles. The molecule has 3 heterocycles. The van der Waals surface area contributed by atoms with Crippen LogP contribution in [0.4, 0.5) is 0 Å². The van der Waals surface area contributed by atoms with Gasteiger partial charge in [-0.2, -0.15) is 5.26 Å². The van der Waals surface area contributed by atoms with Gasteiger partial charge in [0, 0.05) is 0 Å². The Morgan fingerprint density at radius 2 is 2.30 bits per heavy atom. The van der Waals surface area contributed by atoms with Crippen LogP contribution in [0.3, 0.4) is 0 Å². The van der Waals surface area contributed by atoms with E-state index in [1.807, 2.05) is 24.4 Å². The van der Waals surface area contributed by atoms with Crippen LogP contribution in [-0.4, -0.2) is 21.9 Å². The first-order valence-corrected chi connectivity index (χ1v) is 9.17. The summed E-state index contributed by atoms with van der Waals surface area (Å²) in [4.78, 5) is 0.971. The van der Waals surface area contributed by atoms with E-state index in [1.165, 1.54) is 0 Å². The van der Waals surface area contributed by atoms with E-state index in [4.69, 9.17) is 15.2 Å². The van der Waals surface area contributed by atoms with E-state index >= 15 is 0 Å². The van der Waals surface area contributed by atoms with E-state index in [9.17, 15) is 10.4 Å². The lowest BCUT2D eigenvalue weighted by Crippen LogP contribution is -2.21. The zero-order valence-electron chi connectivity index (χ0n) is 14.4. The van der Waals surface area contributed by atoms with Crippen LogP contribution in [0, 0.1) is 11.3 Å². The highest BCUT2D eigenvalue weighted by molar-refractivity contribution is 7.13. The van der Waals surface area contributed by atoms with E-state index in [0.29, 0.717) is 18.2 Å². The van der Waals surface area contributed by atoms with Crippen molar-refractivity contribution in [3.63, 3.8) is 0 Å². The van der Waals surface area contributed by atoms with Gasteiger partial charge < -0.3 is 20.3 Å². The fraction of sp³-hybridized carbons (Fsp3) is 0.158. The predicted molar refractivity (Wildman–Crippen MR) is 100 cm³/mol. The highest BCUT2D eigenvalue weighted by Crippen LogP contribution is 2.47. The van der Waals surface area contributed by atoms with Gasteiger partial charge in [-0.25, -0.2) is 0 Å². The van der Waals surface area contributed by atoms with Crippen LogP contribution in [0.2, 0.25) is 0 Å². The Bertz CT molecular complexity index is 1060. The Morgan fingerprint density at radius 1 is 1.44 bits per heavy atom. The average Bonchev–Trinajstić information content (AvgIpc) is 3.32. The molecule has 2 aromatic heterocycles. The number of nitrogens with two attached hydrogens (primary N) is 1. The molecule has 0 saturated carbocycles. The molecule has 27 heavy (non-hydrogen) atoms. The monoisotopic (exact) mass is 380 g/mol. The second-order valence-corrected chi connectivity index (χ2v) is 6.83. The van der Waals surface area contributed by atoms with Crippen molar-refractivity contribution >= 4 is 11.3 Å². The Morgan fingerprint density at radius 3 is 3.00 bits per heavy atom. The van der Waals surface area contributed by atoms with Gasteiger partial charge in [-0.1, -0.05) is 12.1 Å². The maximum Gasteiger partial charge on any atom is 0.244 e. The molecule has 0 saturated heterocycles. The number of nitriles is 1. The molecule has 4 rings (SSSR count). The highest BCUT2D eigenvalue weighted by Gasteiger charge is 2.36. The second-order valence-electron chi connectivity index (χ2n) is 5.88. The Kier molecular flexibility index (Phi) is 4.22. The zero-order chi connectivity index (χ0) is 19.0. The topological polar surface area (TPSA) is 117 Å². The SMILES string of the molecule is CCOc1cc([C@H]2C(C#N)=C(N)Oc3n[nH]c(-c4cccs4)c32)ccc1O. The van der Waals surface area contributed by atoms with Gasteiger partial charge in [0.05, 0.1) is 28.7 Å². The van der Waals surface area contributed by atoms with Gasteiger partial charge in [0.25, 0.3) is 0 Å². The van der Waals surface area contributed by atoms with Gasteiger partial charge in [-0.15, -0.1) is 16.4 Å². The minimum atomic E-state index is -0.491. The molecule has 3 aromatic rings. The second kappa shape index (κ2) is 6.70. The number of nitrogens with zero attached hydrogens (tertiary/aromatic N) is 2. The van der Waals surface area contributed by atoms with Crippen molar-refractivity contribution in [3.05, 3.63) is 58.3 Å². The molecule has 1 aromatic carbocycles. The number of benzene rings is 1. The molecule has 1 aliphatic rings. The van der Waals surface area contributed by atoms with Crippen LogP contribution < -0.4 is 15.2 Å². The maximum absolute atomic E-state index is 10.0. The summed E-state index contributed by atoms with van der Waals surface area (Å²) in [5.41, 5.74) is 8.53. The van der Waals surface area contributed by atoms with Crippen molar-refractivity contribution in [1.82, 2.24) is 10.2 Å². The van der Waals surface area contributed by atoms with Crippen LogP contribution in [0.15, 0.2) is 47.2 Å². The van der Waals surface area contributed by atoms with Crippen molar-refractivity contribution in [3.8, 4) is 34.0 Å². The molecule has 0 spiro atoms. The first-order valence-electron chi connectivity index (χ1n) is 8.29. The van der Waals surface area contributed by atoms with Gasteiger partial charge in [0.15, 0.2) is 11.5 Å². The lowest BCUT2D eigenvalue weighted by Gasteiger charge is -2.24. The third-order valence-electron chi connectivity index (χ3n) is 4.32. The molecule has 1 atom stereocenters. The Labute approximate surface area is 159 Å². The minimum Gasteiger partial charge on any atom is -0.504 e. The van der Waals surface area contributed by atoms with Gasteiger partial charge in [-0.3, -0.25) is 5.10 Å². The number of nitrogens with one attached hydrogen (secondary N) is 1. The first-order chi connectivity index (χ1) is 13.1. The number of H-pyrrole nitrogens is 1. The maximum atomic E-state index is 10.0. The number of aromatic nitrogens is 2. The van der Waals surface area contributed by atoms with Gasteiger partial charge in [-0.05, 0) is 36.1 Å². The summed E-state index contributed by atoms with van der Waals surface area (Å²) >= 11 is 1.55. The first kappa shape index (κ1) is 17.0. The number of hydrogen-bond donors (Lipinski definition) is 3. The van der Waals surface area contributed by atoms with Crippen LogP contribution in [0.25, 0.3) is 10.6 Å². The number of ether oxygens (including phenoxy) is 2. The van der Waals surface area contributed by atoms with Gasteiger partial charge in [0.1, 0.15) is 11.6 Å². The number of thiophene rings is 1.